The molecule has 1 saturated heterocycles. The molecule has 150 valence electrons. The molecule has 1 N–H and O–H groups in total. The lowest BCUT2D eigenvalue weighted by Gasteiger charge is -2.36. The molecule has 0 spiro atoms. The summed E-state index contributed by atoms with van der Waals surface area (Å²) < 4.78 is 5.37. The molecule has 0 aliphatic carbocycles. The van der Waals surface area contributed by atoms with Crippen LogP contribution in [0.5, 0.6) is 5.75 Å². The molecule has 1 amide bonds. The van der Waals surface area contributed by atoms with Gasteiger partial charge in [0.15, 0.2) is 0 Å². The van der Waals surface area contributed by atoms with Gasteiger partial charge < -0.3 is 19.9 Å². The van der Waals surface area contributed by atoms with Crippen LogP contribution in [0.25, 0.3) is 0 Å². The molecule has 0 radical (unpaired) electrons. The zero-order valence-electron chi connectivity index (χ0n) is 16.6. The highest BCUT2D eigenvalue weighted by molar-refractivity contribution is 6.31. The average Bonchev–Trinajstić information content (AvgIpc) is 2.73. The van der Waals surface area contributed by atoms with Gasteiger partial charge >= 0.3 is 0 Å². The molecule has 6 heteroatoms. The van der Waals surface area contributed by atoms with Crippen LogP contribution < -0.4 is 15.0 Å². The van der Waals surface area contributed by atoms with Crippen LogP contribution in [0.15, 0.2) is 42.5 Å². The number of nitrogens with one attached hydrogen (secondary N) is 1. The van der Waals surface area contributed by atoms with Gasteiger partial charge in [-0.2, -0.15) is 0 Å². The van der Waals surface area contributed by atoms with Crippen LogP contribution in [0.1, 0.15) is 18.9 Å². The Morgan fingerprint density at radius 3 is 2.61 bits per heavy atom. The number of hydrogen-bond donors (Lipinski definition) is 1. The summed E-state index contributed by atoms with van der Waals surface area (Å²) in [5, 5.41) is 3.68. The van der Waals surface area contributed by atoms with E-state index in [4.69, 9.17) is 16.3 Å². The minimum Gasteiger partial charge on any atom is -0.496 e. The zero-order valence-corrected chi connectivity index (χ0v) is 17.3. The van der Waals surface area contributed by atoms with E-state index in [1.54, 1.807) is 7.11 Å². The van der Waals surface area contributed by atoms with Gasteiger partial charge in [0.2, 0.25) is 5.91 Å². The quantitative estimate of drug-likeness (QED) is 0.759. The maximum absolute atomic E-state index is 12.6. The number of amides is 1. The third kappa shape index (κ3) is 5.18. The second kappa shape index (κ2) is 9.80. The van der Waals surface area contributed by atoms with Crippen molar-refractivity contribution in [1.82, 2.24) is 4.90 Å². The fraction of sp³-hybridized carbons (Fsp3) is 0.409. The maximum Gasteiger partial charge on any atom is 0.224 e. The molecule has 28 heavy (non-hydrogen) atoms. The number of anilines is 2. The second-order valence-corrected chi connectivity index (χ2v) is 7.38. The van der Waals surface area contributed by atoms with Gasteiger partial charge in [0.05, 0.1) is 18.5 Å². The number of carbonyl (C=O) groups is 1. The molecule has 0 bridgehead atoms. The van der Waals surface area contributed by atoms with Crippen LogP contribution >= 0.6 is 11.6 Å². The van der Waals surface area contributed by atoms with Gasteiger partial charge in [0.1, 0.15) is 5.75 Å². The highest BCUT2D eigenvalue weighted by atomic mass is 35.5. The Hall–Kier alpha value is -2.24. The number of benzene rings is 2. The Morgan fingerprint density at radius 2 is 1.89 bits per heavy atom. The van der Waals surface area contributed by atoms with Crippen molar-refractivity contribution in [2.45, 2.75) is 19.8 Å². The van der Waals surface area contributed by atoms with Gasteiger partial charge in [-0.05, 0) is 42.8 Å². The summed E-state index contributed by atoms with van der Waals surface area (Å²) in [6, 6.07) is 13.5. The smallest absolute Gasteiger partial charge is 0.224 e. The van der Waals surface area contributed by atoms with Crippen molar-refractivity contribution < 1.29 is 9.53 Å². The standard InChI is InChI=1S/C22H28ClN3O2/c1-3-25-12-14-26(15-13-25)20-10-9-18(23)16-19(20)24-22(27)11-8-17-6-4-5-7-21(17)28-2/h4-7,9-10,16H,3,8,11-15H2,1-2H3,(H,24,27). The van der Waals surface area contributed by atoms with E-state index in [0.717, 1.165) is 55.4 Å². The second-order valence-electron chi connectivity index (χ2n) is 6.94. The SMILES string of the molecule is CCN1CCN(c2ccc(Cl)cc2NC(=O)CCc2ccccc2OC)CC1. The monoisotopic (exact) mass is 401 g/mol. The van der Waals surface area contributed by atoms with Gasteiger partial charge in [0.25, 0.3) is 0 Å². The van der Waals surface area contributed by atoms with Gasteiger partial charge in [-0.15, -0.1) is 0 Å². The maximum atomic E-state index is 12.6. The Labute approximate surface area is 172 Å². The summed E-state index contributed by atoms with van der Waals surface area (Å²) in [6.45, 7) is 7.20. The summed E-state index contributed by atoms with van der Waals surface area (Å²) in [4.78, 5) is 17.4. The third-order valence-corrected chi connectivity index (χ3v) is 5.44. The lowest BCUT2D eigenvalue weighted by Crippen LogP contribution is -2.46. The lowest BCUT2D eigenvalue weighted by molar-refractivity contribution is -0.116. The number of halogens is 1. The molecule has 0 atom stereocenters. The van der Waals surface area contributed by atoms with Crippen LogP contribution in [-0.2, 0) is 11.2 Å². The molecule has 1 aliphatic heterocycles. The van der Waals surface area contributed by atoms with E-state index >= 15 is 0 Å². The average molecular weight is 402 g/mol. The summed E-state index contributed by atoms with van der Waals surface area (Å²) in [5.41, 5.74) is 2.84. The summed E-state index contributed by atoms with van der Waals surface area (Å²) in [5.74, 6) is 0.786. The van der Waals surface area contributed by atoms with Crippen LogP contribution in [0, 0.1) is 0 Å². The van der Waals surface area contributed by atoms with Crippen molar-refractivity contribution in [3.63, 3.8) is 0 Å². The molecule has 5 nitrogen and oxygen atoms in total. The molecule has 2 aromatic rings. The fourth-order valence-electron chi connectivity index (χ4n) is 3.56. The molecule has 1 aliphatic rings. The first kappa shape index (κ1) is 20.5. The predicted octanol–water partition coefficient (Wildman–Crippen LogP) is 4.06. The minimum absolute atomic E-state index is 0.0263. The molecular formula is C22H28ClN3O2. The van der Waals surface area contributed by atoms with Gasteiger partial charge in [-0.25, -0.2) is 0 Å². The number of nitrogens with zero attached hydrogens (tertiary/aromatic N) is 2. The summed E-state index contributed by atoms with van der Waals surface area (Å²) in [6.07, 6.45) is 1.01. The predicted molar refractivity (Wildman–Crippen MR) is 116 cm³/mol. The minimum atomic E-state index is -0.0263. The van der Waals surface area contributed by atoms with Gasteiger partial charge in [0, 0.05) is 37.6 Å². The molecule has 1 heterocycles. The molecule has 0 aromatic heterocycles. The third-order valence-electron chi connectivity index (χ3n) is 5.21. The van der Waals surface area contributed by atoms with E-state index in [-0.39, 0.29) is 5.91 Å². The highest BCUT2D eigenvalue weighted by Gasteiger charge is 2.19. The van der Waals surface area contributed by atoms with Crippen molar-refractivity contribution >= 4 is 28.9 Å². The van der Waals surface area contributed by atoms with E-state index in [0.29, 0.717) is 17.9 Å². The Kier molecular flexibility index (Phi) is 7.18. The summed E-state index contributed by atoms with van der Waals surface area (Å²) in [7, 11) is 1.65. The van der Waals surface area contributed by atoms with Crippen molar-refractivity contribution in [1.29, 1.82) is 0 Å². The van der Waals surface area contributed by atoms with Crippen molar-refractivity contribution in [3.05, 3.63) is 53.1 Å². The van der Waals surface area contributed by atoms with E-state index in [2.05, 4.69) is 22.0 Å². The van der Waals surface area contributed by atoms with Crippen LogP contribution in [0.2, 0.25) is 5.02 Å². The highest BCUT2D eigenvalue weighted by Crippen LogP contribution is 2.30. The van der Waals surface area contributed by atoms with Crippen molar-refractivity contribution in [2.24, 2.45) is 0 Å². The normalized spacial score (nSPS) is 14.8. The number of methoxy groups -OCH3 is 1. The van der Waals surface area contributed by atoms with E-state index in [9.17, 15) is 4.79 Å². The van der Waals surface area contributed by atoms with Crippen molar-refractivity contribution in [3.8, 4) is 5.75 Å². The molecule has 1 fully saturated rings. The number of hydrogen-bond acceptors (Lipinski definition) is 4. The number of ether oxygens (including phenoxy) is 1. The van der Waals surface area contributed by atoms with E-state index in [1.807, 2.05) is 42.5 Å². The molecule has 2 aromatic carbocycles. The fourth-order valence-corrected chi connectivity index (χ4v) is 3.73. The molecule has 0 saturated carbocycles. The zero-order chi connectivity index (χ0) is 19.9. The first-order chi connectivity index (χ1) is 13.6. The Morgan fingerprint density at radius 1 is 1.14 bits per heavy atom. The number of rotatable bonds is 7. The molecule has 0 unspecified atom stereocenters. The molecular weight excluding hydrogens is 374 g/mol. The summed E-state index contributed by atoms with van der Waals surface area (Å²) >= 11 is 6.20. The number of para-hydroxylation sites is 1. The molecule has 3 rings (SSSR count). The number of carbonyl (C=O) groups excluding carboxylic acids is 1. The van der Waals surface area contributed by atoms with E-state index < -0.39 is 0 Å². The number of likely N-dealkylation sites (N-methyl/N-ethyl adjacent to an activating group) is 1. The van der Waals surface area contributed by atoms with Gasteiger partial charge in [-0.1, -0.05) is 36.7 Å². The van der Waals surface area contributed by atoms with Crippen molar-refractivity contribution in [2.75, 3.05) is 50.1 Å². The largest absolute Gasteiger partial charge is 0.496 e. The van der Waals surface area contributed by atoms with Gasteiger partial charge in [-0.3, -0.25) is 4.79 Å². The van der Waals surface area contributed by atoms with Crippen LogP contribution in [-0.4, -0.2) is 50.6 Å². The lowest BCUT2D eigenvalue weighted by atomic mass is 10.1. The number of piperazine rings is 1. The topological polar surface area (TPSA) is 44.8 Å². The van der Waals surface area contributed by atoms with E-state index in [1.165, 1.54) is 0 Å². The first-order valence-electron chi connectivity index (χ1n) is 9.79. The Bertz CT molecular complexity index is 804. The Balaban J connectivity index is 1.66. The number of aryl methyl sites for hydroxylation is 1. The van der Waals surface area contributed by atoms with Crippen LogP contribution in [0.4, 0.5) is 11.4 Å². The van der Waals surface area contributed by atoms with Crippen LogP contribution in [0.3, 0.4) is 0 Å². The first-order valence-corrected chi connectivity index (χ1v) is 10.2.